The number of nitrogens with zero attached hydrogens (tertiary/aromatic N) is 1. The van der Waals surface area contributed by atoms with Crippen molar-refractivity contribution in [1.29, 1.82) is 0 Å². The summed E-state index contributed by atoms with van der Waals surface area (Å²) in [5.74, 6) is 0. The number of ether oxygens (including phenoxy) is 1. The summed E-state index contributed by atoms with van der Waals surface area (Å²) in [5.41, 5.74) is 4.32. The van der Waals surface area contributed by atoms with E-state index in [1.165, 1.54) is 0 Å². The van der Waals surface area contributed by atoms with Gasteiger partial charge in [0.2, 0.25) is 0 Å². The van der Waals surface area contributed by atoms with Crippen molar-refractivity contribution in [3.63, 3.8) is 0 Å². The topological polar surface area (TPSA) is 12.5 Å². The largest absolute Gasteiger partial charge is 0.377 e. The first-order chi connectivity index (χ1) is 13.5. The lowest BCUT2D eigenvalue weighted by atomic mass is 9.93. The molecular formula is C26H35NO. The van der Waals surface area contributed by atoms with Crippen LogP contribution in [0, 0.1) is 5.41 Å². The molecule has 0 fully saturated rings. The molecule has 0 amide bonds. The molecule has 1 aromatic carbocycles. The highest BCUT2D eigenvalue weighted by atomic mass is 16.5. The molecule has 2 rings (SSSR count). The van der Waals surface area contributed by atoms with Gasteiger partial charge < -0.3 is 9.64 Å². The minimum absolute atomic E-state index is 0.0295. The predicted octanol–water partition coefficient (Wildman–Crippen LogP) is 7.35. The second-order valence-corrected chi connectivity index (χ2v) is 6.78. The van der Waals surface area contributed by atoms with Crippen molar-refractivity contribution >= 4 is 5.69 Å². The molecule has 0 aliphatic heterocycles. The van der Waals surface area contributed by atoms with Crippen LogP contribution in [0.15, 0.2) is 97.4 Å². The first-order valence-corrected chi connectivity index (χ1v) is 10.0. The molecule has 2 heteroatoms. The normalized spacial score (nSPS) is 15.0. The van der Waals surface area contributed by atoms with Gasteiger partial charge >= 0.3 is 0 Å². The van der Waals surface area contributed by atoms with Gasteiger partial charge in [-0.25, -0.2) is 0 Å². The number of allylic oxidation sites excluding steroid dienone is 8. The molecule has 0 spiro atoms. The van der Waals surface area contributed by atoms with Crippen molar-refractivity contribution in [1.82, 2.24) is 0 Å². The minimum atomic E-state index is 0.0295. The first-order valence-electron chi connectivity index (χ1n) is 10.0. The third-order valence-electron chi connectivity index (χ3n) is 4.16. The number of hydrogen-bond donors (Lipinski definition) is 0. The van der Waals surface area contributed by atoms with Gasteiger partial charge in [0.1, 0.15) is 0 Å². The quantitative estimate of drug-likeness (QED) is 0.439. The van der Waals surface area contributed by atoms with Crippen molar-refractivity contribution in [2.45, 2.75) is 41.2 Å². The molecule has 0 saturated heterocycles. The van der Waals surface area contributed by atoms with Crippen LogP contribution in [0.3, 0.4) is 0 Å². The molecule has 0 N–H and O–H groups in total. The summed E-state index contributed by atoms with van der Waals surface area (Å²) in [6, 6.07) is 8.44. The smallest absolute Gasteiger partial charge is 0.0716 e. The van der Waals surface area contributed by atoms with Gasteiger partial charge in [0.15, 0.2) is 0 Å². The number of benzene rings is 1. The van der Waals surface area contributed by atoms with Gasteiger partial charge in [-0.2, -0.15) is 0 Å². The molecule has 0 heterocycles. The third kappa shape index (κ3) is 6.86. The molecule has 1 aromatic rings. The van der Waals surface area contributed by atoms with Crippen molar-refractivity contribution in [2.75, 3.05) is 11.5 Å². The Bertz CT molecular complexity index is 745. The summed E-state index contributed by atoms with van der Waals surface area (Å²) in [6.45, 7) is 19.6. The monoisotopic (exact) mass is 377 g/mol. The highest BCUT2D eigenvalue weighted by Gasteiger charge is 2.17. The molecule has 0 bridgehead atoms. The van der Waals surface area contributed by atoms with Gasteiger partial charge in [0.25, 0.3) is 0 Å². The van der Waals surface area contributed by atoms with Crippen molar-refractivity contribution in [3.8, 4) is 0 Å². The van der Waals surface area contributed by atoms with Gasteiger partial charge in [-0.05, 0) is 48.9 Å². The van der Waals surface area contributed by atoms with Gasteiger partial charge in [-0.15, -0.1) is 0 Å². The van der Waals surface area contributed by atoms with Crippen LogP contribution in [-0.4, -0.2) is 6.61 Å². The van der Waals surface area contributed by atoms with E-state index in [1.807, 2.05) is 32.9 Å². The van der Waals surface area contributed by atoms with Crippen LogP contribution in [0.4, 0.5) is 5.69 Å². The maximum absolute atomic E-state index is 5.50. The molecule has 28 heavy (non-hydrogen) atoms. The van der Waals surface area contributed by atoms with Crippen molar-refractivity contribution in [2.24, 2.45) is 5.41 Å². The molecular weight excluding hydrogens is 342 g/mol. The van der Waals surface area contributed by atoms with Gasteiger partial charge in [-0.1, -0.05) is 77.3 Å². The molecule has 0 unspecified atom stereocenters. The summed E-state index contributed by atoms with van der Waals surface area (Å²) in [7, 11) is 0. The summed E-state index contributed by atoms with van der Waals surface area (Å²) >= 11 is 0. The Morgan fingerprint density at radius 3 is 2.36 bits per heavy atom. The Kier molecular flexibility index (Phi) is 10.0. The molecule has 2 nitrogen and oxygen atoms in total. The van der Waals surface area contributed by atoms with Crippen LogP contribution in [0.5, 0.6) is 0 Å². The van der Waals surface area contributed by atoms with Crippen LogP contribution < -0.4 is 4.90 Å². The van der Waals surface area contributed by atoms with Crippen molar-refractivity contribution in [3.05, 3.63) is 103 Å². The van der Waals surface area contributed by atoms with E-state index in [2.05, 4.69) is 86.6 Å². The predicted molar refractivity (Wildman–Crippen MR) is 124 cm³/mol. The summed E-state index contributed by atoms with van der Waals surface area (Å²) in [6.07, 6.45) is 16.4. The standard InChI is InChI=1S/C24H29NO.C2H6/c1-6-10-21(7-2)25(22-11-9-17-24(4,5)18-16-22)23-14-12-20(13-15-23)19-26-8-3;1-2/h6-7,9-18H,1-2,8,19H2,3-5H3;1-2H3/b21-10+;. The zero-order valence-corrected chi connectivity index (χ0v) is 18.1. The summed E-state index contributed by atoms with van der Waals surface area (Å²) in [4.78, 5) is 2.18. The maximum Gasteiger partial charge on any atom is 0.0716 e. The Morgan fingerprint density at radius 2 is 1.79 bits per heavy atom. The minimum Gasteiger partial charge on any atom is -0.377 e. The van der Waals surface area contributed by atoms with E-state index >= 15 is 0 Å². The second-order valence-electron chi connectivity index (χ2n) is 6.78. The fourth-order valence-corrected chi connectivity index (χ4v) is 2.72. The van der Waals surface area contributed by atoms with E-state index in [-0.39, 0.29) is 5.41 Å². The van der Waals surface area contributed by atoms with E-state index in [9.17, 15) is 0 Å². The van der Waals surface area contributed by atoms with Crippen LogP contribution in [0.25, 0.3) is 0 Å². The Hall–Kier alpha value is -2.58. The van der Waals surface area contributed by atoms with E-state index in [0.29, 0.717) is 6.61 Å². The average molecular weight is 378 g/mol. The lowest BCUT2D eigenvalue weighted by Gasteiger charge is -2.27. The zero-order chi connectivity index (χ0) is 21.0. The fraction of sp³-hybridized carbons (Fsp3) is 0.308. The highest BCUT2D eigenvalue weighted by molar-refractivity contribution is 5.64. The third-order valence-corrected chi connectivity index (χ3v) is 4.16. The summed E-state index contributed by atoms with van der Waals surface area (Å²) in [5, 5.41) is 0. The van der Waals surface area contributed by atoms with Crippen LogP contribution >= 0.6 is 0 Å². The Balaban J connectivity index is 0.00000190. The second kappa shape index (κ2) is 12.0. The summed E-state index contributed by atoms with van der Waals surface area (Å²) < 4.78 is 5.50. The van der Waals surface area contributed by atoms with Crippen LogP contribution in [0.2, 0.25) is 0 Å². The van der Waals surface area contributed by atoms with Crippen LogP contribution in [0.1, 0.15) is 40.2 Å². The number of rotatable bonds is 8. The number of anilines is 1. The van der Waals surface area contributed by atoms with E-state index in [4.69, 9.17) is 4.74 Å². The fourth-order valence-electron chi connectivity index (χ4n) is 2.72. The van der Waals surface area contributed by atoms with Crippen LogP contribution in [-0.2, 0) is 11.3 Å². The Morgan fingerprint density at radius 1 is 1.11 bits per heavy atom. The first kappa shape index (κ1) is 23.5. The molecule has 150 valence electrons. The molecule has 1 aliphatic rings. The highest BCUT2D eigenvalue weighted by Crippen LogP contribution is 2.30. The lowest BCUT2D eigenvalue weighted by molar-refractivity contribution is 0.134. The van der Waals surface area contributed by atoms with Crippen molar-refractivity contribution < 1.29 is 4.74 Å². The molecule has 0 atom stereocenters. The maximum atomic E-state index is 5.50. The molecule has 1 aliphatic carbocycles. The number of hydrogen-bond acceptors (Lipinski definition) is 2. The van der Waals surface area contributed by atoms with E-state index < -0.39 is 0 Å². The molecule has 0 saturated carbocycles. The Labute approximate surface area is 171 Å². The molecule has 0 aromatic heterocycles. The molecule has 0 radical (unpaired) electrons. The SMILES string of the molecule is C=C/C=C(\C=C)N(C1=CC=CC(C)(C)C=C1)c1ccc(COCC)cc1.CC. The van der Waals surface area contributed by atoms with Gasteiger partial charge in [0.05, 0.1) is 6.61 Å². The van der Waals surface area contributed by atoms with E-state index in [0.717, 1.165) is 29.3 Å². The van der Waals surface area contributed by atoms with Gasteiger partial charge in [-0.3, -0.25) is 0 Å². The average Bonchev–Trinajstić information content (AvgIpc) is 2.89. The van der Waals surface area contributed by atoms with E-state index in [1.54, 1.807) is 6.08 Å². The zero-order valence-electron chi connectivity index (χ0n) is 18.1. The van der Waals surface area contributed by atoms with Gasteiger partial charge in [0, 0.05) is 29.1 Å². The lowest BCUT2D eigenvalue weighted by Crippen LogP contribution is -2.20.